The van der Waals surface area contributed by atoms with Crippen LogP contribution in [0, 0.1) is 12.8 Å². The fourth-order valence-electron chi connectivity index (χ4n) is 4.02. The maximum Gasteiger partial charge on any atom is 0.200 e. The molecule has 0 spiro atoms. The van der Waals surface area contributed by atoms with Crippen molar-refractivity contribution in [3.63, 3.8) is 0 Å². The summed E-state index contributed by atoms with van der Waals surface area (Å²) in [7, 11) is 1.50. The highest BCUT2D eigenvalue weighted by molar-refractivity contribution is 5.92. The lowest BCUT2D eigenvalue weighted by molar-refractivity contribution is 0.323. The van der Waals surface area contributed by atoms with E-state index in [1.54, 1.807) is 24.3 Å². The fourth-order valence-corrected chi connectivity index (χ4v) is 4.02. The lowest BCUT2D eigenvalue weighted by Crippen LogP contribution is -2.16. The zero-order valence-corrected chi connectivity index (χ0v) is 21.9. The maximum atomic E-state index is 13.8. The number of fused-ring (bicyclic) bond motifs is 1. The third kappa shape index (κ3) is 5.57. The zero-order chi connectivity index (χ0) is 26.8. The van der Waals surface area contributed by atoms with Crippen LogP contribution in [0.2, 0.25) is 0 Å². The number of ether oxygens (including phenoxy) is 2. The van der Waals surface area contributed by atoms with Gasteiger partial charge in [-0.3, -0.25) is 9.18 Å². The molecule has 1 aliphatic rings. The van der Waals surface area contributed by atoms with E-state index in [2.05, 4.69) is 0 Å². The maximum absolute atomic E-state index is 13.8. The number of phenols is 2. The number of phenolic OH excluding ortho intramolecular Hbond substituents is 2. The molecule has 6 nitrogen and oxygen atoms in total. The van der Waals surface area contributed by atoms with Gasteiger partial charge in [-0.2, -0.15) is 0 Å². The number of allylic oxidation sites excluding steroid dienone is 1. The molecule has 0 bridgehead atoms. The molecule has 4 rings (SSSR count). The molecule has 2 aromatic carbocycles. The average molecular weight is 499 g/mol. The molecular formula is C29H35FO6. The van der Waals surface area contributed by atoms with Gasteiger partial charge in [0.15, 0.2) is 5.43 Å². The molecule has 1 aliphatic heterocycles. The van der Waals surface area contributed by atoms with E-state index in [9.17, 15) is 19.4 Å². The van der Waals surface area contributed by atoms with Crippen LogP contribution in [-0.2, 0) is 11.2 Å². The van der Waals surface area contributed by atoms with Crippen molar-refractivity contribution in [2.45, 2.75) is 59.7 Å². The van der Waals surface area contributed by atoms with Crippen molar-refractivity contribution < 1.29 is 28.5 Å². The molecule has 2 N–H and O–H groups in total. The molecule has 0 amide bonds. The standard InChI is InChI=1S/C27H30O6.C2H5F/c1-14(2)7-9-17-20(31-6)13-21-23(24(17)29)25(30)18(12-22-27(4,5)33-22)26(32-21)16-10-8-15(3)11-19(16)28;1-2-3/h7-11,13-14,22,28-29H,12H2,1-6H3;2H2,1H3/b9-7+;. The Morgan fingerprint density at radius 1 is 1.22 bits per heavy atom. The summed E-state index contributed by atoms with van der Waals surface area (Å²) in [6, 6.07) is 6.80. The van der Waals surface area contributed by atoms with E-state index in [1.165, 1.54) is 14.0 Å². The van der Waals surface area contributed by atoms with Gasteiger partial charge in [-0.25, -0.2) is 0 Å². The van der Waals surface area contributed by atoms with Gasteiger partial charge in [-0.05, 0) is 51.3 Å². The molecule has 0 radical (unpaired) electrons. The second kappa shape index (κ2) is 10.7. The lowest BCUT2D eigenvalue weighted by Gasteiger charge is -2.15. The molecule has 7 heteroatoms. The summed E-state index contributed by atoms with van der Waals surface area (Å²) >= 11 is 0. The van der Waals surface area contributed by atoms with Crippen molar-refractivity contribution in [1.82, 2.24) is 0 Å². The van der Waals surface area contributed by atoms with Crippen molar-refractivity contribution in [1.29, 1.82) is 0 Å². The number of benzene rings is 2. The van der Waals surface area contributed by atoms with Crippen LogP contribution in [0.1, 0.15) is 51.3 Å². The average Bonchev–Trinajstić information content (AvgIpc) is 3.40. The molecule has 194 valence electrons. The molecule has 2 heterocycles. The Labute approximate surface area is 211 Å². The van der Waals surface area contributed by atoms with Crippen molar-refractivity contribution in [3.05, 3.63) is 57.3 Å². The molecule has 1 saturated heterocycles. The lowest BCUT2D eigenvalue weighted by atomic mass is 9.95. The Morgan fingerprint density at radius 3 is 2.39 bits per heavy atom. The molecule has 1 fully saturated rings. The van der Waals surface area contributed by atoms with Gasteiger partial charge in [-0.15, -0.1) is 0 Å². The first-order chi connectivity index (χ1) is 16.9. The third-order valence-corrected chi connectivity index (χ3v) is 6.07. The monoisotopic (exact) mass is 498 g/mol. The van der Waals surface area contributed by atoms with Gasteiger partial charge in [0.1, 0.15) is 34.0 Å². The number of alkyl halides is 1. The van der Waals surface area contributed by atoms with Gasteiger partial charge < -0.3 is 24.1 Å². The first kappa shape index (κ1) is 27.3. The van der Waals surface area contributed by atoms with E-state index >= 15 is 0 Å². The normalized spacial score (nSPS) is 16.3. The highest BCUT2D eigenvalue weighted by Crippen LogP contribution is 2.43. The molecule has 0 saturated carbocycles. The van der Waals surface area contributed by atoms with Crippen LogP contribution < -0.4 is 10.2 Å². The van der Waals surface area contributed by atoms with Crippen molar-refractivity contribution in [2.24, 2.45) is 5.92 Å². The number of aromatic hydroxyl groups is 2. The fraction of sp³-hybridized carbons (Fsp3) is 0.414. The molecule has 1 unspecified atom stereocenters. The van der Waals surface area contributed by atoms with Gasteiger partial charge in [-0.1, -0.05) is 32.1 Å². The number of hydrogen-bond donors (Lipinski definition) is 2. The Balaban J connectivity index is 0.00000115. The van der Waals surface area contributed by atoms with Crippen LogP contribution in [0.15, 0.2) is 39.6 Å². The smallest absolute Gasteiger partial charge is 0.200 e. The van der Waals surface area contributed by atoms with Crippen LogP contribution >= 0.6 is 0 Å². The summed E-state index contributed by atoms with van der Waals surface area (Å²) < 4.78 is 27.7. The Kier molecular flexibility index (Phi) is 8.14. The predicted molar refractivity (Wildman–Crippen MR) is 141 cm³/mol. The second-order valence-corrected chi connectivity index (χ2v) is 9.76. The van der Waals surface area contributed by atoms with Crippen LogP contribution in [0.5, 0.6) is 17.2 Å². The summed E-state index contributed by atoms with van der Waals surface area (Å²) in [6.07, 6.45) is 3.82. The van der Waals surface area contributed by atoms with Gasteiger partial charge in [0, 0.05) is 18.1 Å². The van der Waals surface area contributed by atoms with Crippen LogP contribution in [0.4, 0.5) is 4.39 Å². The van der Waals surface area contributed by atoms with E-state index < -0.39 is 0 Å². The number of epoxide rings is 1. The summed E-state index contributed by atoms with van der Waals surface area (Å²) in [5.41, 5.74) is 1.56. The third-order valence-electron chi connectivity index (χ3n) is 6.07. The Morgan fingerprint density at radius 2 is 1.86 bits per heavy atom. The summed E-state index contributed by atoms with van der Waals surface area (Å²) in [4.78, 5) is 13.8. The van der Waals surface area contributed by atoms with Crippen molar-refractivity contribution in [2.75, 3.05) is 13.8 Å². The van der Waals surface area contributed by atoms with Gasteiger partial charge >= 0.3 is 0 Å². The van der Waals surface area contributed by atoms with Crippen LogP contribution in [-0.4, -0.2) is 35.7 Å². The van der Waals surface area contributed by atoms with Gasteiger partial charge in [0.25, 0.3) is 0 Å². The number of aryl methyl sites for hydroxylation is 1. The van der Waals surface area contributed by atoms with E-state index in [4.69, 9.17) is 13.9 Å². The number of hydrogen-bond acceptors (Lipinski definition) is 6. The van der Waals surface area contributed by atoms with E-state index in [-0.39, 0.29) is 58.0 Å². The second-order valence-electron chi connectivity index (χ2n) is 9.76. The van der Waals surface area contributed by atoms with Gasteiger partial charge in [0.2, 0.25) is 0 Å². The van der Waals surface area contributed by atoms with Crippen LogP contribution in [0.3, 0.4) is 0 Å². The zero-order valence-electron chi connectivity index (χ0n) is 21.9. The topological polar surface area (TPSA) is 92.4 Å². The minimum absolute atomic E-state index is 0.0161. The highest BCUT2D eigenvalue weighted by atomic mass is 19.1. The molecule has 36 heavy (non-hydrogen) atoms. The summed E-state index contributed by atoms with van der Waals surface area (Å²) in [5, 5.41) is 21.8. The van der Waals surface area contributed by atoms with Crippen molar-refractivity contribution in [3.8, 4) is 28.6 Å². The number of halogens is 1. The van der Waals surface area contributed by atoms with E-state index in [0.29, 0.717) is 28.9 Å². The van der Waals surface area contributed by atoms with Crippen molar-refractivity contribution >= 4 is 17.0 Å². The highest BCUT2D eigenvalue weighted by Gasteiger charge is 2.48. The van der Waals surface area contributed by atoms with Crippen LogP contribution in [0.25, 0.3) is 28.4 Å². The Hall–Kier alpha value is -3.32. The number of methoxy groups -OCH3 is 1. The molecule has 0 aliphatic carbocycles. The first-order valence-corrected chi connectivity index (χ1v) is 12.1. The SMILES string of the molecule is CCF.COc1cc2oc(-c3ccc(C)cc3O)c(CC3OC3(C)C)c(=O)c2c(O)c1/C=C/C(C)C. The minimum atomic E-state index is -0.350. The minimum Gasteiger partial charge on any atom is -0.507 e. The molecule has 1 atom stereocenters. The first-order valence-electron chi connectivity index (χ1n) is 12.1. The number of rotatable bonds is 6. The van der Waals surface area contributed by atoms with E-state index in [1.807, 2.05) is 46.8 Å². The van der Waals surface area contributed by atoms with E-state index in [0.717, 1.165) is 5.56 Å². The molecule has 3 aromatic rings. The summed E-state index contributed by atoms with van der Waals surface area (Å²) in [5.74, 6) is 0.731. The molecule has 1 aromatic heterocycles. The van der Waals surface area contributed by atoms with Gasteiger partial charge in [0.05, 0.1) is 36.6 Å². The molecular weight excluding hydrogens is 463 g/mol. The summed E-state index contributed by atoms with van der Waals surface area (Å²) in [6.45, 7) is 11.0. The Bertz CT molecular complexity index is 1340. The quantitative estimate of drug-likeness (QED) is 0.374. The predicted octanol–water partition coefficient (Wildman–Crippen LogP) is 6.55. The largest absolute Gasteiger partial charge is 0.507 e.